The van der Waals surface area contributed by atoms with Crippen molar-refractivity contribution in [2.75, 3.05) is 26.2 Å². The molecule has 0 spiro atoms. The lowest BCUT2D eigenvalue weighted by molar-refractivity contribution is 0.223. The first kappa shape index (κ1) is 22.8. The van der Waals surface area contributed by atoms with Gasteiger partial charge in [-0.3, -0.25) is 0 Å². The van der Waals surface area contributed by atoms with E-state index in [0.29, 0.717) is 0 Å². The van der Waals surface area contributed by atoms with E-state index in [2.05, 4.69) is 111 Å². The third-order valence-corrected chi connectivity index (χ3v) is 5.84. The van der Waals surface area contributed by atoms with E-state index in [-0.39, 0.29) is 0 Å². The largest absolute Gasteiger partial charge is 0.492 e. The molecule has 0 atom stereocenters. The number of likely N-dealkylation sites (N-methyl/N-ethyl adjacent to an activating group) is 1. The van der Waals surface area contributed by atoms with Gasteiger partial charge >= 0.3 is 0 Å². The molecule has 0 saturated carbocycles. The van der Waals surface area contributed by atoms with Crippen LogP contribution in [0.3, 0.4) is 0 Å². The third-order valence-electron chi connectivity index (χ3n) is 5.84. The molecular weight excluding hydrogens is 378 g/mol. The maximum absolute atomic E-state index is 6.01. The molecule has 0 heterocycles. The van der Waals surface area contributed by atoms with Gasteiger partial charge in [-0.05, 0) is 65.9 Å². The Morgan fingerprint density at radius 2 is 1.26 bits per heavy atom. The Balaban J connectivity index is 1.86. The van der Waals surface area contributed by atoms with E-state index in [1.54, 1.807) is 0 Å². The summed E-state index contributed by atoms with van der Waals surface area (Å²) in [5.41, 5.74) is 6.68. The first-order chi connectivity index (χ1) is 15.2. The van der Waals surface area contributed by atoms with Gasteiger partial charge < -0.3 is 9.64 Å². The Morgan fingerprint density at radius 1 is 0.677 bits per heavy atom. The van der Waals surface area contributed by atoms with Crippen molar-refractivity contribution in [3.63, 3.8) is 0 Å². The number of rotatable bonds is 11. The molecule has 0 aliphatic carbocycles. The monoisotopic (exact) mass is 413 g/mol. The summed E-state index contributed by atoms with van der Waals surface area (Å²) >= 11 is 0. The summed E-state index contributed by atoms with van der Waals surface area (Å²) in [5, 5.41) is 0. The summed E-state index contributed by atoms with van der Waals surface area (Å²) in [6.45, 7) is 10.4. The van der Waals surface area contributed by atoms with E-state index in [4.69, 9.17) is 4.74 Å². The normalized spacial score (nSPS) is 12.0. The van der Waals surface area contributed by atoms with Crippen LogP contribution in [-0.4, -0.2) is 31.1 Å². The SMILES string of the molecule is CC/C(=C(\Cc1ccccc1)c1ccc(OCCN(CC)CC)cc1)c1ccccc1. The molecule has 31 heavy (non-hydrogen) atoms. The minimum Gasteiger partial charge on any atom is -0.492 e. The summed E-state index contributed by atoms with van der Waals surface area (Å²) in [6.07, 6.45) is 1.91. The van der Waals surface area contributed by atoms with Crippen LogP contribution in [0.15, 0.2) is 84.9 Å². The highest BCUT2D eigenvalue weighted by molar-refractivity contribution is 5.91. The van der Waals surface area contributed by atoms with Gasteiger partial charge in [0, 0.05) is 6.54 Å². The number of hydrogen-bond acceptors (Lipinski definition) is 2. The van der Waals surface area contributed by atoms with Gasteiger partial charge in [0.2, 0.25) is 0 Å². The molecule has 0 saturated heterocycles. The topological polar surface area (TPSA) is 12.5 Å². The fourth-order valence-corrected chi connectivity index (χ4v) is 4.00. The van der Waals surface area contributed by atoms with Crippen LogP contribution in [-0.2, 0) is 6.42 Å². The number of allylic oxidation sites excluding steroid dienone is 2. The Hall–Kier alpha value is -2.84. The lowest BCUT2D eigenvalue weighted by atomic mass is 9.89. The predicted molar refractivity (Wildman–Crippen MR) is 133 cm³/mol. The second-order valence-electron chi connectivity index (χ2n) is 7.74. The van der Waals surface area contributed by atoms with Gasteiger partial charge in [0.05, 0.1) is 0 Å². The Kier molecular flexibility index (Phi) is 8.93. The van der Waals surface area contributed by atoms with Crippen LogP contribution in [0, 0.1) is 0 Å². The van der Waals surface area contributed by atoms with Crippen LogP contribution in [0.4, 0.5) is 0 Å². The maximum Gasteiger partial charge on any atom is 0.119 e. The van der Waals surface area contributed by atoms with Crippen molar-refractivity contribution in [2.24, 2.45) is 0 Å². The Labute approximate surface area is 188 Å². The van der Waals surface area contributed by atoms with Crippen molar-refractivity contribution in [1.29, 1.82) is 0 Å². The van der Waals surface area contributed by atoms with Crippen LogP contribution in [0.25, 0.3) is 11.1 Å². The molecule has 0 fully saturated rings. The molecule has 162 valence electrons. The van der Waals surface area contributed by atoms with Crippen LogP contribution >= 0.6 is 0 Å². The van der Waals surface area contributed by atoms with Crippen molar-refractivity contribution < 1.29 is 4.74 Å². The number of nitrogens with zero attached hydrogens (tertiary/aromatic N) is 1. The molecule has 2 heteroatoms. The fraction of sp³-hybridized carbons (Fsp3) is 0.310. The zero-order chi connectivity index (χ0) is 21.9. The number of hydrogen-bond donors (Lipinski definition) is 0. The second kappa shape index (κ2) is 12.1. The van der Waals surface area contributed by atoms with Gasteiger partial charge in [0.15, 0.2) is 0 Å². The summed E-state index contributed by atoms with van der Waals surface area (Å²) in [4.78, 5) is 2.38. The first-order valence-corrected chi connectivity index (χ1v) is 11.5. The van der Waals surface area contributed by atoms with Crippen LogP contribution in [0.1, 0.15) is 43.9 Å². The average molecular weight is 414 g/mol. The zero-order valence-corrected chi connectivity index (χ0v) is 19.2. The second-order valence-corrected chi connectivity index (χ2v) is 7.74. The van der Waals surface area contributed by atoms with Crippen LogP contribution in [0.2, 0.25) is 0 Å². The summed E-state index contributed by atoms with van der Waals surface area (Å²) in [5.74, 6) is 0.938. The molecule has 0 N–H and O–H groups in total. The lowest BCUT2D eigenvalue weighted by Gasteiger charge is -2.19. The molecule has 3 aromatic rings. The summed E-state index contributed by atoms with van der Waals surface area (Å²) in [7, 11) is 0. The predicted octanol–water partition coefficient (Wildman–Crippen LogP) is 6.97. The molecule has 0 bridgehead atoms. The molecular formula is C29H35NO. The van der Waals surface area contributed by atoms with Crippen molar-refractivity contribution in [1.82, 2.24) is 4.90 Å². The summed E-state index contributed by atoms with van der Waals surface area (Å²) < 4.78 is 6.01. The van der Waals surface area contributed by atoms with Gasteiger partial charge in [-0.15, -0.1) is 0 Å². The van der Waals surface area contributed by atoms with Gasteiger partial charge in [0.1, 0.15) is 12.4 Å². The average Bonchev–Trinajstić information content (AvgIpc) is 2.83. The highest BCUT2D eigenvalue weighted by atomic mass is 16.5. The van der Waals surface area contributed by atoms with E-state index in [0.717, 1.165) is 44.8 Å². The van der Waals surface area contributed by atoms with E-state index < -0.39 is 0 Å². The molecule has 0 amide bonds. The van der Waals surface area contributed by atoms with E-state index in [1.165, 1.54) is 27.8 Å². The molecule has 0 aliphatic rings. The molecule has 0 radical (unpaired) electrons. The highest BCUT2D eigenvalue weighted by Crippen LogP contribution is 2.32. The van der Waals surface area contributed by atoms with E-state index in [1.807, 2.05) is 0 Å². The lowest BCUT2D eigenvalue weighted by Crippen LogP contribution is -2.27. The van der Waals surface area contributed by atoms with Crippen molar-refractivity contribution in [3.8, 4) is 5.75 Å². The zero-order valence-electron chi connectivity index (χ0n) is 19.2. The number of ether oxygens (including phenoxy) is 1. The van der Waals surface area contributed by atoms with Gasteiger partial charge in [-0.25, -0.2) is 0 Å². The molecule has 0 aromatic heterocycles. The standard InChI is InChI=1S/C29H35NO/c1-4-28(25-15-11-8-12-16-25)29(23-24-13-9-7-10-14-24)26-17-19-27(20-18-26)31-22-21-30(5-2)6-3/h7-20H,4-6,21-23H2,1-3H3/b29-28-. The van der Waals surface area contributed by atoms with E-state index >= 15 is 0 Å². The minimum atomic E-state index is 0.720. The van der Waals surface area contributed by atoms with Gasteiger partial charge in [0.25, 0.3) is 0 Å². The Bertz CT molecular complexity index is 925. The van der Waals surface area contributed by atoms with Crippen molar-refractivity contribution >= 4 is 11.1 Å². The molecule has 3 aromatic carbocycles. The van der Waals surface area contributed by atoms with Gasteiger partial charge in [-0.2, -0.15) is 0 Å². The van der Waals surface area contributed by atoms with Crippen LogP contribution < -0.4 is 4.74 Å². The fourth-order valence-electron chi connectivity index (χ4n) is 4.00. The van der Waals surface area contributed by atoms with Crippen molar-refractivity contribution in [3.05, 3.63) is 102 Å². The highest BCUT2D eigenvalue weighted by Gasteiger charge is 2.12. The molecule has 2 nitrogen and oxygen atoms in total. The first-order valence-electron chi connectivity index (χ1n) is 11.5. The summed E-state index contributed by atoms with van der Waals surface area (Å²) in [6, 6.07) is 30.1. The minimum absolute atomic E-state index is 0.720. The van der Waals surface area contributed by atoms with Gasteiger partial charge in [-0.1, -0.05) is 93.6 Å². The third kappa shape index (κ3) is 6.57. The maximum atomic E-state index is 6.01. The van der Waals surface area contributed by atoms with Crippen LogP contribution in [0.5, 0.6) is 5.75 Å². The number of benzene rings is 3. The smallest absolute Gasteiger partial charge is 0.119 e. The molecule has 0 unspecified atom stereocenters. The van der Waals surface area contributed by atoms with Crippen molar-refractivity contribution in [2.45, 2.75) is 33.6 Å². The Morgan fingerprint density at radius 3 is 1.84 bits per heavy atom. The molecule has 3 rings (SSSR count). The van der Waals surface area contributed by atoms with E-state index in [9.17, 15) is 0 Å². The molecule has 0 aliphatic heterocycles. The quantitative estimate of drug-likeness (QED) is 0.315.